The van der Waals surface area contributed by atoms with Crippen LogP contribution in [-0.2, 0) is 0 Å². The minimum absolute atomic E-state index is 0.104. The molecule has 1 aromatic rings. The van der Waals surface area contributed by atoms with Crippen LogP contribution in [0.2, 0.25) is 0 Å². The fraction of sp³-hybridized carbons (Fsp3) is 0.111. The number of alkyl halides is 3. The molecular weight excluding hydrogens is 243 g/mol. The molecule has 0 bridgehead atoms. The van der Waals surface area contributed by atoms with E-state index in [4.69, 9.17) is 0 Å². The lowest BCUT2D eigenvalue weighted by molar-refractivity contribution is -0.274. The fourth-order valence-corrected chi connectivity index (χ4v) is 0.988. The van der Waals surface area contributed by atoms with Gasteiger partial charge in [0.25, 0.3) is 5.91 Å². The van der Waals surface area contributed by atoms with E-state index < -0.39 is 18.0 Å². The molecule has 1 rings (SSSR count). The summed E-state index contributed by atoms with van der Waals surface area (Å²) < 4.78 is 39.0. The predicted molar refractivity (Wildman–Crippen MR) is 52.5 cm³/mol. The van der Waals surface area contributed by atoms with Gasteiger partial charge in [0.15, 0.2) is 0 Å². The van der Waals surface area contributed by atoms with Gasteiger partial charge in [-0.2, -0.15) is 4.99 Å². The summed E-state index contributed by atoms with van der Waals surface area (Å²) in [7, 11) is 0. The minimum atomic E-state index is -4.75. The maximum atomic E-state index is 11.8. The lowest BCUT2D eigenvalue weighted by Gasteiger charge is -2.08. The van der Waals surface area contributed by atoms with Gasteiger partial charge in [-0.1, -0.05) is 0 Å². The van der Waals surface area contributed by atoms with Crippen LogP contribution < -0.4 is 4.74 Å². The molecule has 0 atom stereocenters. The number of isothiocyanates is 1. The normalized spacial score (nSPS) is 10.4. The SMILES string of the molecule is O=C(N=C=S)c1ccc(OC(F)(F)F)cc1. The van der Waals surface area contributed by atoms with Gasteiger partial charge in [-0.25, -0.2) is 0 Å². The van der Waals surface area contributed by atoms with Gasteiger partial charge in [0, 0.05) is 5.56 Å². The van der Waals surface area contributed by atoms with E-state index in [1.807, 2.05) is 5.16 Å². The Kier molecular flexibility index (Phi) is 3.76. The molecule has 0 aliphatic rings. The molecule has 0 aliphatic carbocycles. The molecule has 0 radical (unpaired) electrons. The van der Waals surface area contributed by atoms with Crippen LogP contribution >= 0.6 is 12.2 Å². The molecule has 16 heavy (non-hydrogen) atoms. The van der Waals surface area contributed by atoms with Gasteiger partial charge in [-0.15, -0.1) is 13.2 Å². The van der Waals surface area contributed by atoms with Crippen molar-refractivity contribution in [3.05, 3.63) is 29.8 Å². The van der Waals surface area contributed by atoms with Crippen LogP contribution in [0.15, 0.2) is 29.3 Å². The number of amides is 1. The van der Waals surface area contributed by atoms with Crippen LogP contribution in [0.1, 0.15) is 10.4 Å². The fourth-order valence-electron chi connectivity index (χ4n) is 0.905. The second-order valence-electron chi connectivity index (χ2n) is 2.58. The molecular formula is C9H4F3NO2S. The lowest BCUT2D eigenvalue weighted by Crippen LogP contribution is -2.17. The molecule has 1 amide bonds. The summed E-state index contributed by atoms with van der Waals surface area (Å²) in [6, 6.07) is 4.33. The standard InChI is InChI=1S/C9H4F3NO2S/c10-9(11,12)15-7-3-1-6(2-4-7)8(14)13-5-16/h1-4H. The lowest BCUT2D eigenvalue weighted by atomic mass is 10.2. The van der Waals surface area contributed by atoms with Crippen LogP contribution in [0, 0.1) is 0 Å². The van der Waals surface area contributed by atoms with Crippen molar-refractivity contribution in [2.24, 2.45) is 4.99 Å². The summed E-state index contributed by atoms with van der Waals surface area (Å²) in [5, 5.41) is 1.87. The molecule has 0 aliphatic heterocycles. The predicted octanol–water partition coefficient (Wildman–Crippen LogP) is 2.83. The highest BCUT2D eigenvalue weighted by atomic mass is 32.1. The average Bonchev–Trinajstić information content (AvgIpc) is 2.16. The molecule has 0 saturated heterocycles. The Morgan fingerprint density at radius 1 is 1.31 bits per heavy atom. The number of aliphatic imine (C=N–C) groups is 1. The van der Waals surface area contributed by atoms with Crippen LogP contribution in [0.4, 0.5) is 13.2 Å². The number of nitrogens with zero attached hydrogens (tertiary/aromatic N) is 1. The van der Waals surface area contributed by atoms with Crippen LogP contribution in [0.3, 0.4) is 0 Å². The Bertz CT molecular complexity index is 435. The highest BCUT2D eigenvalue weighted by Gasteiger charge is 2.30. The van der Waals surface area contributed by atoms with Crippen molar-refractivity contribution in [3.8, 4) is 5.75 Å². The second kappa shape index (κ2) is 4.87. The van der Waals surface area contributed by atoms with Crippen molar-refractivity contribution in [3.63, 3.8) is 0 Å². The molecule has 0 heterocycles. The first-order valence-electron chi connectivity index (χ1n) is 3.90. The van der Waals surface area contributed by atoms with E-state index in [2.05, 4.69) is 21.9 Å². The van der Waals surface area contributed by atoms with E-state index in [1.54, 1.807) is 0 Å². The Labute approximate surface area is 93.6 Å². The second-order valence-corrected chi connectivity index (χ2v) is 2.76. The third-order valence-electron chi connectivity index (χ3n) is 1.48. The van der Waals surface area contributed by atoms with Crippen LogP contribution in [0.25, 0.3) is 0 Å². The quantitative estimate of drug-likeness (QED) is 0.595. The maximum Gasteiger partial charge on any atom is 0.573 e. The van der Waals surface area contributed by atoms with Gasteiger partial charge in [0.2, 0.25) is 0 Å². The van der Waals surface area contributed by atoms with Gasteiger partial charge in [0.05, 0.1) is 5.16 Å². The monoisotopic (exact) mass is 247 g/mol. The number of ether oxygens (including phenoxy) is 1. The van der Waals surface area contributed by atoms with E-state index in [0.29, 0.717) is 0 Å². The van der Waals surface area contributed by atoms with Crippen LogP contribution in [-0.4, -0.2) is 17.4 Å². The molecule has 0 saturated carbocycles. The first-order chi connectivity index (χ1) is 7.42. The van der Waals surface area contributed by atoms with Gasteiger partial charge < -0.3 is 4.74 Å². The maximum absolute atomic E-state index is 11.8. The van der Waals surface area contributed by atoms with Crippen molar-refractivity contribution >= 4 is 23.3 Å². The van der Waals surface area contributed by atoms with E-state index in [9.17, 15) is 18.0 Å². The summed E-state index contributed by atoms with van der Waals surface area (Å²) in [5.41, 5.74) is 0.104. The highest BCUT2D eigenvalue weighted by molar-refractivity contribution is 7.78. The third-order valence-corrected chi connectivity index (χ3v) is 1.57. The average molecular weight is 247 g/mol. The van der Waals surface area contributed by atoms with Crippen molar-refractivity contribution in [1.29, 1.82) is 0 Å². The summed E-state index contributed by atoms with van der Waals surface area (Å²) >= 11 is 4.21. The first-order valence-corrected chi connectivity index (χ1v) is 4.31. The molecule has 7 heteroatoms. The van der Waals surface area contributed by atoms with Gasteiger partial charge in [-0.3, -0.25) is 4.79 Å². The number of benzene rings is 1. The van der Waals surface area contributed by atoms with Gasteiger partial charge >= 0.3 is 6.36 Å². The number of halogens is 3. The Hall–Kier alpha value is -1.72. The van der Waals surface area contributed by atoms with E-state index in [0.717, 1.165) is 24.3 Å². The molecule has 84 valence electrons. The van der Waals surface area contributed by atoms with Gasteiger partial charge in [-0.05, 0) is 36.5 Å². The molecule has 0 aromatic heterocycles. The molecule has 0 N–H and O–H groups in total. The number of rotatable bonds is 2. The van der Waals surface area contributed by atoms with Crippen molar-refractivity contribution < 1.29 is 22.7 Å². The van der Waals surface area contributed by atoms with Crippen molar-refractivity contribution in [1.82, 2.24) is 0 Å². The molecule has 1 aromatic carbocycles. The third kappa shape index (κ3) is 3.80. The molecule has 0 unspecified atom stereocenters. The summed E-state index contributed by atoms with van der Waals surface area (Å²) in [6.45, 7) is 0. The highest BCUT2D eigenvalue weighted by Crippen LogP contribution is 2.22. The summed E-state index contributed by atoms with van der Waals surface area (Å²) in [5.74, 6) is -1.08. The van der Waals surface area contributed by atoms with E-state index >= 15 is 0 Å². The topological polar surface area (TPSA) is 38.7 Å². The molecule has 0 spiro atoms. The molecule has 3 nitrogen and oxygen atoms in total. The van der Waals surface area contributed by atoms with Gasteiger partial charge in [0.1, 0.15) is 5.75 Å². The summed E-state index contributed by atoms with van der Waals surface area (Å²) in [4.78, 5) is 14.2. The number of hydrogen-bond acceptors (Lipinski definition) is 3. The number of hydrogen-bond donors (Lipinski definition) is 0. The Morgan fingerprint density at radius 3 is 2.31 bits per heavy atom. The number of carbonyl (C=O) groups excluding carboxylic acids is 1. The van der Waals surface area contributed by atoms with Crippen molar-refractivity contribution in [2.45, 2.75) is 6.36 Å². The number of thiocarbonyl (C=S) groups is 1. The Balaban J connectivity index is 2.83. The van der Waals surface area contributed by atoms with E-state index in [-0.39, 0.29) is 5.56 Å². The van der Waals surface area contributed by atoms with Crippen LogP contribution in [0.5, 0.6) is 5.75 Å². The molecule has 0 fully saturated rings. The first kappa shape index (κ1) is 12.4. The zero-order valence-corrected chi connectivity index (χ0v) is 8.43. The zero-order valence-electron chi connectivity index (χ0n) is 7.62. The van der Waals surface area contributed by atoms with Crippen molar-refractivity contribution in [2.75, 3.05) is 0 Å². The van der Waals surface area contributed by atoms with E-state index in [1.165, 1.54) is 0 Å². The largest absolute Gasteiger partial charge is 0.573 e. The minimum Gasteiger partial charge on any atom is -0.406 e. The number of carbonyl (C=O) groups is 1. The zero-order chi connectivity index (χ0) is 12.2. The Morgan fingerprint density at radius 2 is 1.88 bits per heavy atom. The summed E-state index contributed by atoms with van der Waals surface area (Å²) in [6.07, 6.45) is -4.75. The smallest absolute Gasteiger partial charge is 0.406 e.